The van der Waals surface area contributed by atoms with Gasteiger partial charge in [-0.1, -0.05) is 11.1 Å². The summed E-state index contributed by atoms with van der Waals surface area (Å²) in [5.74, 6) is 0.226. The Morgan fingerprint density at radius 2 is 2.17 bits per heavy atom. The van der Waals surface area contributed by atoms with Gasteiger partial charge >= 0.3 is 0 Å². The summed E-state index contributed by atoms with van der Waals surface area (Å²) in [4.78, 5) is 0. The van der Waals surface area contributed by atoms with Gasteiger partial charge in [0.05, 0.1) is 0 Å². The lowest BCUT2D eigenvalue weighted by Crippen LogP contribution is -2.41. The van der Waals surface area contributed by atoms with E-state index in [1.807, 2.05) is 0 Å². The van der Waals surface area contributed by atoms with Crippen molar-refractivity contribution in [3.8, 4) is 0 Å². The smallest absolute Gasteiger partial charge is 0.0227 e. The first kappa shape index (κ1) is 10.1. The van der Waals surface area contributed by atoms with Gasteiger partial charge in [-0.2, -0.15) is 0 Å². The molecule has 0 radical (unpaired) electrons. The van der Waals surface area contributed by atoms with Crippen LogP contribution in [0.15, 0.2) is 0 Å². The molecule has 0 aromatic rings. The predicted octanol–water partition coefficient (Wildman–Crippen LogP) is -0.793. The highest BCUT2D eigenvalue weighted by molar-refractivity contribution is 7.79. The molecular formula is C7H15N2O2S-. The molecule has 72 valence electrons. The first-order valence-corrected chi connectivity index (χ1v) is 5.53. The minimum atomic E-state index is -1.90. The van der Waals surface area contributed by atoms with Crippen molar-refractivity contribution in [1.82, 2.24) is 10.6 Å². The summed E-state index contributed by atoms with van der Waals surface area (Å²) in [5.41, 5.74) is 0. The van der Waals surface area contributed by atoms with E-state index in [4.69, 9.17) is 0 Å². The molecule has 0 aliphatic carbocycles. The second-order valence-corrected chi connectivity index (χ2v) is 4.00. The summed E-state index contributed by atoms with van der Waals surface area (Å²) < 4.78 is 20.4. The van der Waals surface area contributed by atoms with Gasteiger partial charge in [-0.15, -0.1) is 0 Å². The lowest BCUT2D eigenvalue weighted by molar-refractivity contribution is 0.394. The topological polar surface area (TPSA) is 64.2 Å². The van der Waals surface area contributed by atoms with E-state index in [0.29, 0.717) is 12.6 Å². The largest absolute Gasteiger partial charge is 0.772 e. The Bertz CT molecular complexity index is 148. The van der Waals surface area contributed by atoms with Crippen LogP contribution in [0.3, 0.4) is 0 Å². The lowest BCUT2D eigenvalue weighted by atomic mass is 10.1. The van der Waals surface area contributed by atoms with Gasteiger partial charge in [-0.3, -0.25) is 4.21 Å². The van der Waals surface area contributed by atoms with Gasteiger partial charge in [0.15, 0.2) is 0 Å². The third kappa shape index (κ3) is 4.15. The molecule has 2 N–H and O–H groups in total. The Balaban J connectivity index is 2.01. The van der Waals surface area contributed by atoms with E-state index in [9.17, 15) is 8.76 Å². The number of hydrogen-bond donors (Lipinski definition) is 2. The molecule has 1 heterocycles. The highest BCUT2D eigenvalue weighted by Gasteiger charge is 2.10. The number of nitrogens with one attached hydrogen (secondary N) is 2. The van der Waals surface area contributed by atoms with Gasteiger partial charge in [-0.05, 0) is 25.9 Å². The fraction of sp³-hybridized carbons (Fsp3) is 1.00. The Morgan fingerprint density at radius 1 is 1.50 bits per heavy atom. The molecule has 5 heteroatoms. The molecule has 1 rings (SSSR count). The van der Waals surface area contributed by atoms with Crippen LogP contribution < -0.4 is 10.6 Å². The zero-order valence-corrected chi connectivity index (χ0v) is 7.86. The van der Waals surface area contributed by atoms with E-state index in [2.05, 4.69) is 10.6 Å². The van der Waals surface area contributed by atoms with Crippen LogP contribution in [-0.2, 0) is 11.1 Å². The van der Waals surface area contributed by atoms with Crippen molar-refractivity contribution in [1.29, 1.82) is 0 Å². The average molecular weight is 191 g/mol. The SMILES string of the molecule is O=S([O-])CCNC1CCNCC1. The minimum Gasteiger partial charge on any atom is -0.772 e. The van der Waals surface area contributed by atoms with E-state index in [1.54, 1.807) is 0 Å². The number of piperidine rings is 1. The summed E-state index contributed by atoms with van der Waals surface area (Å²) in [6, 6.07) is 0.509. The monoisotopic (exact) mass is 191 g/mol. The normalized spacial score (nSPS) is 22.4. The number of rotatable bonds is 4. The van der Waals surface area contributed by atoms with Gasteiger partial charge in [0, 0.05) is 18.3 Å². The Morgan fingerprint density at radius 3 is 2.75 bits per heavy atom. The maximum atomic E-state index is 10.2. The maximum Gasteiger partial charge on any atom is 0.0227 e. The Hall–Kier alpha value is 0.0300. The van der Waals surface area contributed by atoms with Crippen LogP contribution in [0.2, 0.25) is 0 Å². The van der Waals surface area contributed by atoms with Crippen molar-refractivity contribution < 1.29 is 8.76 Å². The third-order valence-electron chi connectivity index (χ3n) is 2.04. The van der Waals surface area contributed by atoms with Crippen LogP contribution in [0.1, 0.15) is 12.8 Å². The van der Waals surface area contributed by atoms with Crippen molar-refractivity contribution in [3.05, 3.63) is 0 Å². The molecule has 12 heavy (non-hydrogen) atoms. The molecule has 4 nitrogen and oxygen atoms in total. The molecule has 1 unspecified atom stereocenters. The summed E-state index contributed by atoms with van der Waals surface area (Å²) in [5, 5.41) is 6.47. The van der Waals surface area contributed by atoms with E-state index in [1.165, 1.54) is 0 Å². The number of hydrogen-bond acceptors (Lipinski definition) is 4. The summed E-state index contributed by atoms with van der Waals surface area (Å²) in [7, 11) is 0. The molecule has 0 bridgehead atoms. The van der Waals surface area contributed by atoms with Crippen LogP contribution in [0.4, 0.5) is 0 Å². The maximum absolute atomic E-state index is 10.2. The van der Waals surface area contributed by atoms with Crippen LogP contribution in [0.25, 0.3) is 0 Å². The van der Waals surface area contributed by atoms with Crippen molar-refractivity contribution in [2.24, 2.45) is 0 Å². The predicted molar refractivity (Wildman–Crippen MR) is 47.7 cm³/mol. The van der Waals surface area contributed by atoms with E-state index < -0.39 is 11.1 Å². The molecule has 1 aliphatic rings. The summed E-state index contributed by atoms with van der Waals surface area (Å²) in [6.45, 7) is 2.66. The van der Waals surface area contributed by atoms with Crippen LogP contribution >= 0.6 is 0 Å². The fourth-order valence-corrected chi connectivity index (χ4v) is 1.66. The van der Waals surface area contributed by atoms with Crippen LogP contribution in [0, 0.1) is 0 Å². The quantitative estimate of drug-likeness (QED) is 0.571. The summed E-state index contributed by atoms with van der Waals surface area (Å²) in [6.07, 6.45) is 2.21. The summed E-state index contributed by atoms with van der Waals surface area (Å²) >= 11 is -1.90. The Kier molecular flexibility index (Phi) is 4.75. The zero-order chi connectivity index (χ0) is 8.81. The fourth-order valence-electron chi connectivity index (χ4n) is 1.37. The highest BCUT2D eigenvalue weighted by atomic mass is 32.2. The van der Waals surface area contributed by atoms with Gasteiger partial charge in [-0.25, -0.2) is 0 Å². The van der Waals surface area contributed by atoms with Gasteiger partial charge in [0.1, 0.15) is 0 Å². The molecule has 1 fully saturated rings. The molecule has 0 spiro atoms. The molecular weight excluding hydrogens is 176 g/mol. The minimum absolute atomic E-state index is 0.226. The first-order valence-electron chi connectivity index (χ1n) is 4.29. The van der Waals surface area contributed by atoms with Crippen LogP contribution in [-0.4, -0.2) is 40.2 Å². The molecule has 0 aromatic carbocycles. The van der Waals surface area contributed by atoms with Crippen molar-refractivity contribution >= 4 is 11.1 Å². The average Bonchev–Trinajstić information content (AvgIpc) is 2.05. The van der Waals surface area contributed by atoms with Crippen molar-refractivity contribution in [3.63, 3.8) is 0 Å². The van der Waals surface area contributed by atoms with Crippen molar-refractivity contribution in [2.45, 2.75) is 18.9 Å². The molecule has 0 saturated carbocycles. The molecule has 1 aliphatic heterocycles. The van der Waals surface area contributed by atoms with Gasteiger partial charge in [0.25, 0.3) is 0 Å². The second-order valence-electron chi connectivity index (χ2n) is 2.99. The first-order chi connectivity index (χ1) is 5.79. The second kappa shape index (κ2) is 5.64. The molecule has 1 atom stereocenters. The molecule has 0 amide bonds. The zero-order valence-electron chi connectivity index (χ0n) is 7.04. The van der Waals surface area contributed by atoms with Crippen molar-refractivity contribution in [2.75, 3.05) is 25.4 Å². The van der Waals surface area contributed by atoms with E-state index in [-0.39, 0.29) is 5.75 Å². The van der Waals surface area contributed by atoms with Crippen LogP contribution in [0.5, 0.6) is 0 Å². The van der Waals surface area contributed by atoms with E-state index in [0.717, 1.165) is 25.9 Å². The Labute approximate surface area is 75.4 Å². The molecule has 0 aromatic heterocycles. The van der Waals surface area contributed by atoms with Gasteiger partial charge < -0.3 is 15.2 Å². The highest BCUT2D eigenvalue weighted by Crippen LogP contribution is 2.00. The van der Waals surface area contributed by atoms with E-state index >= 15 is 0 Å². The molecule has 1 saturated heterocycles. The third-order valence-corrected chi connectivity index (χ3v) is 2.58. The standard InChI is InChI=1S/C7H16N2O2S/c10-12(11)6-5-9-7-1-3-8-4-2-7/h7-9H,1-6H2,(H,10,11)/p-1. The lowest BCUT2D eigenvalue weighted by Gasteiger charge is -2.23. The van der Waals surface area contributed by atoms with Gasteiger partial charge in [0.2, 0.25) is 0 Å².